The number of ether oxygens (including phenoxy) is 1. The predicted octanol–water partition coefficient (Wildman–Crippen LogP) is -1.08. The number of carbonyl (C=O) groups excluding carboxylic acids is 1. The van der Waals surface area contributed by atoms with Crippen LogP contribution in [0.15, 0.2) is 0 Å². The van der Waals surface area contributed by atoms with Gasteiger partial charge in [0.1, 0.15) is 0 Å². The van der Waals surface area contributed by atoms with Gasteiger partial charge in [-0.2, -0.15) is 0 Å². The Morgan fingerprint density at radius 1 is 1.69 bits per heavy atom. The van der Waals surface area contributed by atoms with Crippen molar-refractivity contribution in [1.82, 2.24) is 0 Å². The van der Waals surface area contributed by atoms with Crippen molar-refractivity contribution < 1.29 is 17.9 Å². The van der Waals surface area contributed by atoms with E-state index in [0.29, 0.717) is 0 Å². The molecular weight excluding hydrogens is 194 g/mol. The van der Waals surface area contributed by atoms with Crippen LogP contribution < -0.4 is 5.73 Å². The van der Waals surface area contributed by atoms with E-state index in [1.54, 1.807) is 0 Å². The second kappa shape index (κ2) is 2.95. The summed E-state index contributed by atoms with van der Waals surface area (Å²) in [5.74, 6) is -0.523. The van der Waals surface area contributed by atoms with Crippen molar-refractivity contribution in [2.45, 2.75) is 11.7 Å². The monoisotopic (exact) mass is 207 g/mol. The molecule has 0 saturated heterocycles. The van der Waals surface area contributed by atoms with E-state index in [-0.39, 0.29) is 13.0 Å². The Balaban J connectivity index is 2.87. The number of hydrogen-bond donors (Lipinski definition) is 1. The lowest BCUT2D eigenvalue weighted by molar-refractivity contribution is -0.146. The van der Waals surface area contributed by atoms with Crippen LogP contribution in [0.3, 0.4) is 0 Å². The summed E-state index contributed by atoms with van der Waals surface area (Å²) in [5.41, 5.74) is 4.40. The third-order valence-electron chi connectivity index (χ3n) is 2.48. The minimum absolute atomic E-state index is 0.0252. The molecule has 0 heterocycles. The zero-order valence-electron chi connectivity index (χ0n) is 7.61. The second-order valence-corrected chi connectivity index (χ2v) is 5.60. The first-order valence-corrected chi connectivity index (χ1v) is 5.81. The molecule has 13 heavy (non-hydrogen) atoms. The molecule has 0 aliphatic heterocycles. The molecule has 0 aromatic carbocycles. The standard InChI is InChI=1S/C7H13NO4S/c1-12-6(9)7(4-8)3-5(7)13(2,10)11/h5H,3-4,8H2,1-2H3/t5-,7+/m1/s1. The number of carbonyl (C=O) groups is 1. The number of nitrogens with two attached hydrogens (primary N) is 1. The van der Waals surface area contributed by atoms with Crippen LogP contribution in [0.25, 0.3) is 0 Å². The summed E-state index contributed by atoms with van der Waals surface area (Å²) in [4.78, 5) is 11.2. The molecule has 1 aliphatic rings. The highest BCUT2D eigenvalue weighted by molar-refractivity contribution is 7.91. The molecule has 76 valence electrons. The van der Waals surface area contributed by atoms with Crippen molar-refractivity contribution in [2.75, 3.05) is 19.9 Å². The van der Waals surface area contributed by atoms with Gasteiger partial charge in [0.15, 0.2) is 9.84 Å². The molecule has 0 amide bonds. The first-order valence-electron chi connectivity index (χ1n) is 3.86. The van der Waals surface area contributed by atoms with Crippen LogP contribution >= 0.6 is 0 Å². The van der Waals surface area contributed by atoms with Crippen LogP contribution in [0, 0.1) is 5.41 Å². The van der Waals surface area contributed by atoms with Crippen LogP contribution in [-0.4, -0.2) is 39.5 Å². The van der Waals surface area contributed by atoms with E-state index >= 15 is 0 Å². The van der Waals surface area contributed by atoms with E-state index < -0.39 is 26.5 Å². The van der Waals surface area contributed by atoms with Crippen molar-refractivity contribution in [1.29, 1.82) is 0 Å². The fourth-order valence-electron chi connectivity index (χ4n) is 1.55. The fraction of sp³-hybridized carbons (Fsp3) is 0.857. The van der Waals surface area contributed by atoms with E-state index in [1.807, 2.05) is 0 Å². The van der Waals surface area contributed by atoms with Gasteiger partial charge >= 0.3 is 5.97 Å². The molecular formula is C7H13NO4S. The lowest BCUT2D eigenvalue weighted by Crippen LogP contribution is -2.32. The van der Waals surface area contributed by atoms with Crippen molar-refractivity contribution in [3.8, 4) is 0 Å². The summed E-state index contributed by atoms with van der Waals surface area (Å²) in [7, 11) is -1.95. The molecule has 1 fully saturated rings. The van der Waals surface area contributed by atoms with Gasteiger partial charge in [0.2, 0.25) is 0 Å². The van der Waals surface area contributed by atoms with Crippen molar-refractivity contribution in [3.05, 3.63) is 0 Å². The molecule has 5 nitrogen and oxygen atoms in total. The summed E-state index contributed by atoms with van der Waals surface area (Å²) in [5, 5.41) is -0.655. The highest BCUT2D eigenvalue weighted by Gasteiger charge is 2.65. The molecule has 1 saturated carbocycles. The van der Waals surface area contributed by atoms with Crippen molar-refractivity contribution >= 4 is 15.8 Å². The van der Waals surface area contributed by atoms with Crippen LogP contribution in [0.1, 0.15) is 6.42 Å². The van der Waals surface area contributed by atoms with Gasteiger partial charge in [-0.3, -0.25) is 4.79 Å². The van der Waals surface area contributed by atoms with Gasteiger partial charge in [0.05, 0.1) is 17.8 Å². The van der Waals surface area contributed by atoms with Gasteiger partial charge in [-0.1, -0.05) is 0 Å². The lowest BCUT2D eigenvalue weighted by atomic mass is 10.1. The fourth-order valence-corrected chi connectivity index (χ4v) is 3.16. The average Bonchev–Trinajstić information content (AvgIpc) is 2.78. The van der Waals surface area contributed by atoms with E-state index in [0.717, 1.165) is 6.26 Å². The molecule has 0 aromatic rings. The first kappa shape index (κ1) is 10.5. The van der Waals surface area contributed by atoms with Gasteiger partial charge in [-0.15, -0.1) is 0 Å². The Morgan fingerprint density at radius 3 is 2.46 bits per heavy atom. The highest BCUT2D eigenvalue weighted by atomic mass is 32.2. The Labute approximate surface area is 77.2 Å². The molecule has 0 spiro atoms. The SMILES string of the molecule is COC(=O)[C@]1(CN)C[C@H]1S(C)(=O)=O. The zero-order chi connectivity index (χ0) is 10.3. The van der Waals surface area contributed by atoms with Gasteiger partial charge in [0, 0.05) is 12.8 Å². The maximum Gasteiger partial charge on any atom is 0.314 e. The normalized spacial score (nSPS) is 32.7. The van der Waals surface area contributed by atoms with E-state index in [2.05, 4.69) is 4.74 Å². The van der Waals surface area contributed by atoms with E-state index in [1.165, 1.54) is 7.11 Å². The lowest BCUT2D eigenvalue weighted by Gasteiger charge is -2.10. The minimum Gasteiger partial charge on any atom is -0.469 e. The van der Waals surface area contributed by atoms with Crippen LogP contribution in [-0.2, 0) is 19.4 Å². The highest BCUT2D eigenvalue weighted by Crippen LogP contribution is 2.50. The largest absolute Gasteiger partial charge is 0.469 e. The smallest absolute Gasteiger partial charge is 0.314 e. The van der Waals surface area contributed by atoms with Crippen LogP contribution in [0.4, 0.5) is 0 Å². The topological polar surface area (TPSA) is 86.5 Å². The molecule has 0 unspecified atom stereocenters. The Hall–Kier alpha value is -0.620. The van der Waals surface area contributed by atoms with E-state index in [4.69, 9.17) is 5.73 Å². The molecule has 2 atom stereocenters. The summed E-state index contributed by atoms with van der Waals surface area (Å²) in [6, 6.07) is 0. The number of sulfone groups is 1. The third kappa shape index (κ3) is 1.55. The predicted molar refractivity (Wildman–Crippen MR) is 46.8 cm³/mol. The molecule has 0 bridgehead atoms. The Kier molecular flexibility index (Phi) is 2.38. The zero-order valence-corrected chi connectivity index (χ0v) is 8.43. The third-order valence-corrected chi connectivity index (χ3v) is 4.13. The number of methoxy groups -OCH3 is 1. The number of hydrogen-bond acceptors (Lipinski definition) is 5. The second-order valence-electron chi connectivity index (χ2n) is 3.37. The van der Waals surface area contributed by atoms with E-state index in [9.17, 15) is 13.2 Å². The molecule has 6 heteroatoms. The molecule has 0 aromatic heterocycles. The maximum absolute atomic E-state index is 11.2. The molecule has 1 rings (SSSR count). The summed E-state index contributed by atoms with van der Waals surface area (Å²) in [6.07, 6.45) is 1.40. The minimum atomic E-state index is -3.19. The van der Waals surface area contributed by atoms with Gasteiger partial charge in [-0.25, -0.2) is 8.42 Å². The number of rotatable bonds is 3. The summed E-state index contributed by atoms with van der Waals surface area (Å²) in [6.45, 7) is 0.0252. The van der Waals surface area contributed by atoms with Gasteiger partial charge < -0.3 is 10.5 Å². The summed E-state index contributed by atoms with van der Waals surface area (Å²) < 4.78 is 26.8. The summed E-state index contributed by atoms with van der Waals surface area (Å²) >= 11 is 0. The Morgan fingerprint density at radius 2 is 2.23 bits per heavy atom. The van der Waals surface area contributed by atoms with Crippen LogP contribution in [0.5, 0.6) is 0 Å². The average molecular weight is 207 g/mol. The molecule has 1 aliphatic carbocycles. The van der Waals surface area contributed by atoms with Crippen LogP contribution in [0.2, 0.25) is 0 Å². The molecule has 0 radical (unpaired) electrons. The quantitative estimate of drug-likeness (QED) is 0.595. The Bertz CT molecular complexity index is 323. The van der Waals surface area contributed by atoms with Gasteiger partial charge in [0.25, 0.3) is 0 Å². The van der Waals surface area contributed by atoms with Gasteiger partial charge in [-0.05, 0) is 6.42 Å². The van der Waals surface area contributed by atoms with Crippen molar-refractivity contribution in [2.24, 2.45) is 11.1 Å². The molecule has 2 N–H and O–H groups in total. The van der Waals surface area contributed by atoms with Crippen molar-refractivity contribution in [3.63, 3.8) is 0 Å². The maximum atomic E-state index is 11.2. The number of esters is 1. The first-order chi connectivity index (χ1) is 5.88.